The lowest BCUT2D eigenvalue weighted by Gasteiger charge is -2.12. The summed E-state index contributed by atoms with van der Waals surface area (Å²) in [5, 5.41) is 8.41. The molecule has 0 saturated carbocycles. The van der Waals surface area contributed by atoms with E-state index in [1.54, 1.807) is 0 Å². The second kappa shape index (κ2) is 5.78. The fraction of sp³-hybridized carbons (Fsp3) is 0.364. The summed E-state index contributed by atoms with van der Waals surface area (Å²) in [6, 6.07) is 7.73. The number of carbonyl (C=O) groups is 1. The first-order valence-corrected chi connectivity index (χ1v) is 5.47. The fourth-order valence-electron chi connectivity index (χ4n) is 1.15. The van der Waals surface area contributed by atoms with Gasteiger partial charge in [-0.05, 0) is 18.6 Å². The van der Waals surface area contributed by atoms with Crippen molar-refractivity contribution in [3.8, 4) is 0 Å². The number of methoxy groups -OCH3 is 1. The van der Waals surface area contributed by atoms with E-state index in [9.17, 15) is 4.79 Å². The van der Waals surface area contributed by atoms with E-state index in [1.807, 2.05) is 31.2 Å². The molecule has 0 aliphatic rings. The minimum absolute atomic E-state index is 0.217. The summed E-state index contributed by atoms with van der Waals surface area (Å²) in [7, 11) is 1.51. The average Bonchev–Trinajstić information content (AvgIpc) is 2.20. The molecule has 1 unspecified atom stereocenters. The summed E-state index contributed by atoms with van der Waals surface area (Å²) in [5.41, 5.74) is 1.09. The van der Waals surface area contributed by atoms with Crippen molar-refractivity contribution in [3.05, 3.63) is 29.8 Å². The molecule has 0 bridgehead atoms. The van der Waals surface area contributed by atoms with Crippen LogP contribution in [0.15, 0.2) is 29.2 Å². The van der Waals surface area contributed by atoms with Gasteiger partial charge in [0.15, 0.2) is 0 Å². The number of carboxylic acid groups (broad SMARTS) is 1. The Labute approximate surface area is 93.4 Å². The SMILES string of the molecule is COCC(Sc1ccccc1C)C(=O)O. The maximum absolute atomic E-state index is 10.9. The van der Waals surface area contributed by atoms with Crippen LogP contribution < -0.4 is 0 Å². The molecule has 1 aromatic rings. The zero-order valence-corrected chi connectivity index (χ0v) is 9.58. The van der Waals surface area contributed by atoms with Crippen LogP contribution in [0.4, 0.5) is 0 Å². The van der Waals surface area contributed by atoms with Crippen molar-refractivity contribution in [1.82, 2.24) is 0 Å². The molecule has 0 aromatic heterocycles. The number of aryl methyl sites for hydroxylation is 1. The highest BCUT2D eigenvalue weighted by Gasteiger charge is 2.19. The first-order chi connectivity index (χ1) is 7.15. The highest BCUT2D eigenvalue weighted by molar-refractivity contribution is 8.00. The van der Waals surface area contributed by atoms with Gasteiger partial charge in [-0.1, -0.05) is 18.2 Å². The number of rotatable bonds is 5. The van der Waals surface area contributed by atoms with Gasteiger partial charge in [0.05, 0.1) is 6.61 Å². The van der Waals surface area contributed by atoms with Crippen LogP contribution in [-0.2, 0) is 9.53 Å². The molecule has 0 aliphatic carbocycles. The lowest BCUT2D eigenvalue weighted by molar-refractivity contribution is -0.137. The first-order valence-electron chi connectivity index (χ1n) is 4.59. The van der Waals surface area contributed by atoms with Crippen molar-refractivity contribution in [2.24, 2.45) is 0 Å². The van der Waals surface area contributed by atoms with Gasteiger partial charge in [-0.2, -0.15) is 0 Å². The zero-order chi connectivity index (χ0) is 11.3. The van der Waals surface area contributed by atoms with Gasteiger partial charge in [-0.3, -0.25) is 4.79 Å². The largest absolute Gasteiger partial charge is 0.480 e. The van der Waals surface area contributed by atoms with Crippen LogP contribution in [0.1, 0.15) is 5.56 Å². The Morgan fingerprint density at radius 1 is 1.53 bits per heavy atom. The van der Waals surface area contributed by atoms with Gasteiger partial charge >= 0.3 is 5.97 Å². The van der Waals surface area contributed by atoms with Gasteiger partial charge in [0.1, 0.15) is 5.25 Å². The molecule has 1 rings (SSSR count). The monoisotopic (exact) mass is 226 g/mol. The van der Waals surface area contributed by atoms with Crippen molar-refractivity contribution in [1.29, 1.82) is 0 Å². The minimum atomic E-state index is -0.842. The smallest absolute Gasteiger partial charge is 0.319 e. The van der Waals surface area contributed by atoms with Crippen molar-refractivity contribution in [2.45, 2.75) is 17.1 Å². The van der Waals surface area contributed by atoms with Crippen LogP contribution in [0.5, 0.6) is 0 Å². The molecule has 0 saturated heterocycles. The number of thioether (sulfide) groups is 1. The van der Waals surface area contributed by atoms with Gasteiger partial charge in [0.2, 0.25) is 0 Å². The third-order valence-electron chi connectivity index (χ3n) is 1.96. The lowest BCUT2D eigenvalue weighted by Crippen LogP contribution is -2.21. The molecule has 1 N–H and O–H groups in total. The van der Waals surface area contributed by atoms with E-state index in [2.05, 4.69) is 0 Å². The highest BCUT2D eigenvalue weighted by atomic mass is 32.2. The Morgan fingerprint density at radius 2 is 2.20 bits per heavy atom. The summed E-state index contributed by atoms with van der Waals surface area (Å²) in [6.07, 6.45) is 0. The van der Waals surface area contributed by atoms with Gasteiger partial charge in [0, 0.05) is 12.0 Å². The van der Waals surface area contributed by atoms with E-state index in [4.69, 9.17) is 9.84 Å². The Balaban J connectivity index is 2.74. The molecule has 1 aromatic carbocycles. The summed E-state index contributed by atoms with van der Waals surface area (Å²) >= 11 is 1.32. The molecule has 82 valence electrons. The first kappa shape index (κ1) is 12.1. The summed E-state index contributed by atoms with van der Waals surface area (Å²) in [6.45, 7) is 2.18. The van der Waals surface area contributed by atoms with Gasteiger partial charge in [0.25, 0.3) is 0 Å². The topological polar surface area (TPSA) is 46.5 Å². The molecular weight excluding hydrogens is 212 g/mol. The van der Waals surface area contributed by atoms with Crippen molar-refractivity contribution in [2.75, 3.05) is 13.7 Å². The highest BCUT2D eigenvalue weighted by Crippen LogP contribution is 2.26. The number of benzene rings is 1. The van der Waals surface area contributed by atoms with Crippen molar-refractivity contribution in [3.63, 3.8) is 0 Å². The van der Waals surface area contributed by atoms with Crippen LogP contribution in [0.3, 0.4) is 0 Å². The van der Waals surface area contributed by atoms with Gasteiger partial charge in [-0.25, -0.2) is 0 Å². The molecule has 0 spiro atoms. The lowest BCUT2D eigenvalue weighted by atomic mass is 10.2. The van der Waals surface area contributed by atoms with E-state index in [-0.39, 0.29) is 6.61 Å². The Bertz CT molecular complexity index is 338. The van der Waals surface area contributed by atoms with E-state index < -0.39 is 11.2 Å². The van der Waals surface area contributed by atoms with E-state index in [0.29, 0.717) is 0 Å². The second-order valence-corrected chi connectivity index (χ2v) is 4.41. The molecule has 0 aliphatic heterocycles. The predicted molar refractivity (Wildman–Crippen MR) is 60.3 cm³/mol. The minimum Gasteiger partial charge on any atom is -0.480 e. The number of aliphatic carboxylic acids is 1. The third-order valence-corrected chi connectivity index (χ3v) is 3.29. The molecule has 0 heterocycles. The van der Waals surface area contributed by atoms with E-state index >= 15 is 0 Å². The molecule has 0 amide bonds. The number of hydrogen-bond acceptors (Lipinski definition) is 3. The summed E-state index contributed by atoms with van der Waals surface area (Å²) < 4.78 is 4.88. The van der Waals surface area contributed by atoms with Crippen LogP contribution >= 0.6 is 11.8 Å². The van der Waals surface area contributed by atoms with Crippen LogP contribution in [-0.4, -0.2) is 30.0 Å². The Hall–Kier alpha value is -1.00. The Kier molecular flexibility index (Phi) is 4.65. The van der Waals surface area contributed by atoms with Crippen molar-refractivity contribution < 1.29 is 14.6 Å². The molecule has 1 atom stereocenters. The summed E-state index contributed by atoms with van der Waals surface area (Å²) in [4.78, 5) is 11.9. The van der Waals surface area contributed by atoms with Crippen LogP contribution in [0.25, 0.3) is 0 Å². The average molecular weight is 226 g/mol. The van der Waals surface area contributed by atoms with Crippen LogP contribution in [0, 0.1) is 6.92 Å². The molecular formula is C11H14O3S. The van der Waals surface area contributed by atoms with Gasteiger partial charge in [-0.15, -0.1) is 11.8 Å². The van der Waals surface area contributed by atoms with E-state index in [0.717, 1.165) is 10.5 Å². The maximum Gasteiger partial charge on any atom is 0.319 e. The van der Waals surface area contributed by atoms with E-state index in [1.165, 1.54) is 18.9 Å². The maximum atomic E-state index is 10.9. The Morgan fingerprint density at radius 3 is 2.73 bits per heavy atom. The quantitative estimate of drug-likeness (QED) is 0.782. The number of hydrogen-bond donors (Lipinski definition) is 1. The van der Waals surface area contributed by atoms with Gasteiger partial charge < -0.3 is 9.84 Å². The van der Waals surface area contributed by atoms with Crippen molar-refractivity contribution >= 4 is 17.7 Å². The predicted octanol–water partition coefficient (Wildman–Crippen LogP) is 2.19. The van der Waals surface area contributed by atoms with Crippen LogP contribution in [0.2, 0.25) is 0 Å². The molecule has 0 fully saturated rings. The molecule has 0 radical (unpaired) electrons. The molecule has 4 heteroatoms. The standard InChI is InChI=1S/C11H14O3S/c1-8-5-3-4-6-9(8)15-10(7-14-2)11(12)13/h3-6,10H,7H2,1-2H3,(H,12,13). The molecule has 3 nitrogen and oxygen atoms in total. The third kappa shape index (κ3) is 3.57. The second-order valence-electron chi connectivity index (χ2n) is 3.17. The summed E-state index contributed by atoms with van der Waals surface area (Å²) in [5.74, 6) is -0.842. The normalized spacial score (nSPS) is 12.4. The number of ether oxygens (including phenoxy) is 1. The molecule has 15 heavy (non-hydrogen) atoms. The number of carboxylic acids is 1. The zero-order valence-electron chi connectivity index (χ0n) is 8.77. The fourth-order valence-corrected chi connectivity index (χ4v) is 2.17.